The number of likely N-dealkylation sites (N-methyl/N-ethyl adjacent to an activating group) is 1. The van der Waals surface area contributed by atoms with E-state index in [4.69, 9.17) is 4.74 Å². The molecule has 2 aromatic carbocycles. The molecule has 7 heteroatoms. The number of ether oxygens (including phenoxy) is 1. The van der Waals surface area contributed by atoms with E-state index >= 15 is 0 Å². The molecule has 1 aliphatic heterocycles. The van der Waals surface area contributed by atoms with Crippen LogP contribution in [0.2, 0.25) is 0 Å². The van der Waals surface area contributed by atoms with Crippen LogP contribution in [0.25, 0.3) is 0 Å². The molecule has 1 aliphatic rings. The summed E-state index contributed by atoms with van der Waals surface area (Å²) in [6, 6.07) is 17.1. The van der Waals surface area contributed by atoms with Crippen molar-refractivity contribution in [2.45, 2.75) is 32.6 Å². The molecule has 1 fully saturated rings. The van der Waals surface area contributed by atoms with Crippen LogP contribution in [0.4, 0.5) is 5.69 Å². The second kappa shape index (κ2) is 12.0. The molecule has 2 aromatic rings. The van der Waals surface area contributed by atoms with Gasteiger partial charge in [-0.15, -0.1) is 0 Å². The van der Waals surface area contributed by atoms with Gasteiger partial charge < -0.3 is 19.9 Å². The van der Waals surface area contributed by atoms with Crippen LogP contribution in [-0.4, -0.2) is 60.8 Å². The minimum absolute atomic E-state index is 0.00274. The van der Waals surface area contributed by atoms with Crippen LogP contribution >= 0.6 is 0 Å². The predicted molar refractivity (Wildman–Crippen MR) is 128 cm³/mol. The van der Waals surface area contributed by atoms with Gasteiger partial charge in [0.25, 0.3) is 0 Å². The summed E-state index contributed by atoms with van der Waals surface area (Å²) in [6.07, 6.45) is 2.46. The third-order valence-corrected chi connectivity index (χ3v) is 6.05. The summed E-state index contributed by atoms with van der Waals surface area (Å²) in [7, 11) is 1.57. The van der Waals surface area contributed by atoms with Crippen molar-refractivity contribution in [2.75, 3.05) is 38.6 Å². The molecule has 3 amide bonds. The highest BCUT2D eigenvalue weighted by Gasteiger charge is 2.30. The number of nitrogens with zero attached hydrogens (tertiary/aromatic N) is 2. The molecule has 1 saturated heterocycles. The summed E-state index contributed by atoms with van der Waals surface area (Å²) in [4.78, 5) is 41.5. The molecule has 0 saturated carbocycles. The molecule has 3 rings (SSSR count). The molecule has 0 bridgehead atoms. The van der Waals surface area contributed by atoms with Crippen LogP contribution < -0.4 is 10.1 Å². The summed E-state index contributed by atoms with van der Waals surface area (Å²) < 4.78 is 5.18. The van der Waals surface area contributed by atoms with E-state index in [-0.39, 0.29) is 30.2 Å². The van der Waals surface area contributed by atoms with Crippen molar-refractivity contribution in [2.24, 2.45) is 5.92 Å². The highest BCUT2D eigenvalue weighted by Crippen LogP contribution is 2.21. The lowest BCUT2D eigenvalue weighted by Crippen LogP contribution is -2.46. The Morgan fingerprint density at radius 2 is 1.79 bits per heavy atom. The Kier molecular flexibility index (Phi) is 8.87. The van der Waals surface area contributed by atoms with E-state index in [0.29, 0.717) is 50.3 Å². The number of piperidine rings is 1. The number of carbonyl (C=O) groups is 3. The van der Waals surface area contributed by atoms with Crippen molar-refractivity contribution in [3.8, 4) is 5.75 Å². The van der Waals surface area contributed by atoms with Gasteiger partial charge in [0.05, 0.1) is 13.7 Å². The quantitative estimate of drug-likeness (QED) is 0.634. The fourth-order valence-corrected chi connectivity index (χ4v) is 4.11. The fourth-order valence-electron chi connectivity index (χ4n) is 4.11. The van der Waals surface area contributed by atoms with E-state index in [1.54, 1.807) is 36.3 Å². The van der Waals surface area contributed by atoms with Gasteiger partial charge >= 0.3 is 0 Å². The molecule has 7 nitrogen and oxygen atoms in total. The largest absolute Gasteiger partial charge is 0.497 e. The molecule has 0 spiro atoms. The zero-order valence-corrected chi connectivity index (χ0v) is 19.5. The molecule has 33 heavy (non-hydrogen) atoms. The normalized spacial score (nSPS) is 13.9. The van der Waals surface area contributed by atoms with Gasteiger partial charge in [-0.25, -0.2) is 0 Å². The first-order valence-electron chi connectivity index (χ1n) is 11.5. The van der Waals surface area contributed by atoms with Gasteiger partial charge in [-0.05, 0) is 43.9 Å². The van der Waals surface area contributed by atoms with E-state index in [1.807, 2.05) is 42.2 Å². The molecule has 1 heterocycles. The summed E-state index contributed by atoms with van der Waals surface area (Å²) >= 11 is 0. The Hall–Kier alpha value is -3.35. The van der Waals surface area contributed by atoms with Crippen LogP contribution in [0.15, 0.2) is 54.6 Å². The Morgan fingerprint density at radius 3 is 2.45 bits per heavy atom. The highest BCUT2D eigenvalue weighted by molar-refractivity contribution is 5.95. The van der Waals surface area contributed by atoms with Crippen LogP contribution in [0.3, 0.4) is 0 Å². The number of amides is 3. The third kappa shape index (κ3) is 7.07. The van der Waals surface area contributed by atoms with Gasteiger partial charge in [0.1, 0.15) is 5.75 Å². The molecule has 176 valence electrons. The Morgan fingerprint density at radius 1 is 1.06 bits per heavy atom. The number of hydrogen-bond acceptors (Lipinski definition) is 4. The maximum atomic E-state index is 13.0. The minimum atomic E-state index is -0.244. The zero-order chi connectivity index (χ0) is 23.6. The first-order chi connectivity index (χ1) is 16.0. The molecular weight excluding hydrogens is 418 g/mol. The number of rotatable bonds is 9. The van der Waals surface area contributed by atoms with Gasteiger partial charge in [-0.2, -0.15) is 0 Å². The topological polar surface area (TPSA) is 79.0 Å². The maximum absolute atomic E-state index is 13.0. The van der Waals surface area contributed by atoms with Crippen LogP contribution in [0, 0.1) is 5.92 Å². The molecule has 1 N–H and O–H groups in total. The van der Waals surface area contributed by atoms with Crippen LogP contribution in [-0.2, 0) is 20.8 Å². The lowest BCUT2D eigenvalue weighted by Gasteiger charge is -2.34. The standard InChI is InChI=1S/C26H33N3O4/c1-3-28(19-24(30)27-22-10-7-11-23(18-22)33-2)26(32)21-14-16-29(17-15-21)25(31)13-12-20-8-5-4-6-9-20/h4-11,18,21H,3,12-17,19H2,1-2H3,(H,27,30). The lowest BCUT2D eigenvalue weighted by atomic mass is 9.94. The second-order valence-electron chi connectivity index (χ2n) is 8.27. The predicted octanol–water partition coefficient (Wildman–Crippen LogP) is 3.35. The number of anilines is 1. The third-order valence-electron chi connectivity index (χ3n) is 6.05. The Bertz CT molecular complexity index is 940. The van der Waals surface area contributed by atoms with Gasteiger partial charge in [-0.3, -0.25) is 14.4 Å². The van der Waals surface area contributed by atoms with E-state index < -0.39 is 0 Å². The number of aryl methyl sites for hydroxylation is 1. The van der Waals surface area contributed by atoms with Crippen molar-refractivity contribution in [3.63, 3.8) is 0 Å². The van der Waals surface area contributed by atoms with Crippen molar-refractivity contribution in [3.05, 3.63) is 60.2 Å². The SMILES string of the molecule is CCN(CC(=O)Nc1cccc(OC)c1)C(=O)C1CCN(C(=O)CCc2ccccc2)CC1. The van der Waals surface area contributed by atoms with Crippen molar-refractivity contribution in [1.82, 2.24) is 9.80 Å². The van der Waals surface area contributed by atoms with Gasteiger partial charge in [0.15, 0.2) is 0 Å². The number of hydrogen-bond donors (Lipinski definition) is 1. The number of benzene rings is 2. The van der Waals surface area contributed by atoms with Gasteiger partial charge in [0.2, 0.25) is 17.7 Å². The van der Waals surface area contributed by atoms with Crippen LogP contribution in [0.1, 0.15) is 31.7 Å². The summed E-state index contributed by atoms with van der Waals surface area (Å²) in [5, 5.41) is 2.82. The number of nitrogens with one attached hydrogen (secondary N) is 1. The van der Waals surface area contributed by atoms with Crippen molar-refractivity contribution >= 4 is 23.4 Å². The van der Waals surface area contributed by atoms with Gasteiger partial charge in [-0.1, -0.05) is 36.4 Å². The summed E-state index contributed by atoms with van der Waals surface area (Å²) in [5.74, 6) is 0.366. The molecule has 0 aromatic heterocycles. The maximum Gasteiger partial charge on any atom is 0.243 e. The molecule has 0 radical (unpaired) electrons. The molecule has 0 unspecified atom stereocenters. The highest BCUT2D eigenvalue weighted by atomic mass is 16.5. The van der Waals surface area contributed by atoms with Gasteiger partial charge in [0, 0.05) is 43.7 Å². The molecule has 0 aliphatic carbocycles. The summed E-state index contributed by atoms with van der Waals surface area (Å²) in [6.45, 7) is 3.50. The van der Waals surface area contributed by atoms with E-state index in [0.717, 1.165) is 12.0 Å². The van der Waals surface area contributed by atoms with Crippen LogP contribution in [0.5, 0.6) is 5.75 Å². The minimum Gasteiger partial charge on any atom is -0.497 e. The van der Waals surface area contributed by atoms with Crippen molar-refractivity contribution in [1.29, 1.82) is 0 Å². The van der Waals surface area contributed by atoms with E-state index in [1.165, 1.54) is 0 Å². The first-order valence-corrected chi connectivity index (χ1v) is 11.5. The molecular formula is C26H33N3O4. The van der Waals surface area contributed by atoms with E-state index in [2.05, 4.69) is 5.32 Å². The zero-order valence-electron chi connectivity index (χ0n) is 19.5. The molecule has 0 atom stereocenters. The fraction of sp³-hybridized carbons (Fsp3) is 0.423. The smallest absolute Gasteiger partial charge is 0.243 e. The second-order valence-corrected chi connectivity index (χ2v) is 8.27. The average Bonchev–Trinajstić information content (AvgIpc) is 2.86. The lowest BCUT2D eigenvalue weighted by molar-refractivity contribution is -0.142. The Labute approximate surface area is 195 Å². The number of methoxy groups -OCH3 is 1. The van der Waals surface area contributed by atoms with Crippen molar-refractivity contribution < 1.29 is 19.1 Å². The summed E-state index contributed by atoms with van der Waals surface area (Å²) in [5.41, 5.74) is 1.78. The number of carbonyl (C=O) groups excluding carboxylic acids is 3. The average molecular weight is 452 g/mol. The first kappa shape index (κ1) is 24.3. The van der Waals surface area contributed by atoms with E-state index in [9.17, 15) is 14.4 Å². The Balaban J connectivity index is 1.45. The number of likely N-dealkylation sites (tertiary alicyclic amines) is 1. The monoisotopic (exact) mass is 451 g/mol.